The molecular formula is C13H16F5N2OS+. The number of urea groups is 1. The van der Waals surface area contributed by atoms with Crippen LogP contribution in [-0.4, -0.2) is 50.6 Å². The molecule has 0 unspecified atom stereocenters. The van der Waals surface area contributed by atoms with Crippen LogP contribution in [0, 0.1) is 0 Å². The molecule has 0 fully saturated rings. The first kappa shape index (κ1) is 18.7. The number of nitrogens with zero attached hydrogens (tertiary/aromatic N) is 2. The fraction of sp³-hybridized carbons (Fsp3) is 0.462. The van der Waals surface area contributed by atoms with Gasteiger partial charge in [0.25, 0.3) is 0 Å². The number of benzene rings is 1. The lowest BCUT2D eigenvalue weighted by atomic mass is 10.2. The minimum absolute atomic E-state index is 0.187. The van der Waals surface area contributed by atoms with Gasteiger partial charge in [-0.15, -0.1) is 0 Å². The van der Waals surface area contributed by atoms with E-state index in [0.717, 1.165) is 12.1 Å². The number of rotatable bonds is 3. The van der Waals surface area contributed by atoms with Gasteiger partial charge >= 0.3 is 17.5 Å². The van der Waals surface area contributed by atoms with E-state index in [1.807, 2.05) is 0 Å². The molecule has 0 atom stereocenters. The maximum Gasteiger partial charge on any atom is 0.464 e. The lowest BCUT2D eigenvalue weighted by Crippen LogP contribution is -2.52. The predicted octanol–water partition coefficient (Wildman–Crippen LogP) is 4.18. The first-order chi connectivity index (χ1) is 9.79. The van der Waals surface area contributed by atoms with Gasteiger partial charge in [0, 0.05) is 31.1 Å². The summed E-state index contributed by atoms with van der Waals surface area (Å²) < 4.78 is 62.2. The second kappa shape index (κ2) is 6.04. The average molecular weight is 343 g/mol. The maximum absolute atomic E-state index is 13.0. The fourth-order valence-electron chi connectivity index (χ4n) is 1.70. The van der Waals surface area contributed by atoms with Crippen molar-refractivity contribution in [2.75, 3.05) is 28.2 Å². The molecule has 0 aliphatic heterocycles. The zero-order valence-electron chi connectivity index (χ0n) is 12.4. The molecule has 22 heavy (non-hydrogen) atoms. The molecule has 1 aromatic rings. The summed E-state index contributed by atoms with van der Waals surface area (Å²) in [5.74, 6) is 0. The highest BCUT2D eigenvalue weighted by atomic mass is 32.2. The Labute approximate surface area is 129 Å². The number of hydrogen-bond donors (Lipinski definition) is 0. The van der Waals surface area contributed by atoms with Crippen LogP contribution in [0.2, 0.25) is 0 Å². The van der Waals surface area contributed by atoms with Gasteiger partial charge in [0.15, 0.2) is 0 Å². The summed E-state index contributed by atoms with van der Waals surface area (Å²) in [5, 5.41) is -4.86. The molecule has 0 aliphatic rings. The Kier molecular flexibility index (Phi) is 5.13. The van der Waals surface area contributed by atoms with Crippen molar-refractivity contribution in [1.29, 1.82) is 0 Å². The summed E-state index contributed by atoms with van der Waals surface area (Å²) in [4.78, 5) is 13.2. The van der Waals surface area contributed by atoms with Gasteiger partial charge < -0.3 is 0 Å². The Hall–Kier alpha value is -1.35. The third-order valence-corrected chi connectivity index (χ3v) is 3.91. The normalized spacial score (nSPS) is 13.1. The minimum Gasteiger partial charge on any atom is -0.298 e. The van der Waals surface area contributed by atoms with Gasteiger partial charge in [0.1, 0.15) is 5.69 Å². The van der Waals surface area contributed by atoms with E-state index in [1.54, 1.807) is 28.2 Å². The van der Waals surface area contributed by atoms with E-state index >= 15 is 0 Å². The molecule has 0 aliphatic carbocycles. The highest BCUT2D eigenvalue weighted by Gasteiger charge is 2.58. The average Bonchev–Trinajstić information content (AvgIpc) is 2.36. The van der Waals surface area contributed by atoms with Crippen LogP contribution in [0.5, 0.6) is 0 Å². The van der Waals surface area contributed by atoms with Crippen molar-refractivity contribution in [3.8, 4) is 0 Å². The van der Waals surface area contributed by atoms with Crippen molar-refractivity contribution in [3.05, 3.63) is 24.3 Å². The second-order valence-corrected chi connectivity index (χ2v) is 6.43. The van der Waals surface area contributed by atoms with Crippen LogP contribution in [0.3, 0.4) is 0 Å². The van der Waals surface area contributed by atoms with Crippen LogP contribution in [0.4, 0.5) is 32.4 Å². The van der Waals surface area contributed by atoms with Crippen LogP contribution in [-0.2, 0) is 0 Å². The highest BCUT2D eigenvalue weighted by Crippen LogP contribution is 2.47. The van der Waals surface area contributed by atoms with E-state index in [2.05, 4.69) is 0 Å². The quantitative estimate of drug-likeness (QED) is 0.466. The molecule has 1 rings (SSSR count). The lowest BCUT2D eigenvalue weighted by Gasteiger charge is -2.29. The van der Waals surface area contributed by atoms with Crippen molar-refractivity contribution in [2.24, 2.45) is 0 Å². The number of hydrogen-bond acceptors (Lipinski definition) is 2. The van der Waals surface area contributed by atoms with Crippen molar-refractivity contribution in [3.63, 3.8) is 0 Å². The van der Waals surface area contributed by atoms with Gasteiger partial charge in [-0.1, -0.05) is 0 Å². The zero-order chi connectivity index (χ0) is 17.3. The second-order valence-electron chi connectivity index (χ2n) is 5.24. The summed E-state index contributed by atoms with van der Waals surface area (Å²) in [6, 6.07) is 4.73. The largest absolute Gasteiger partial charge is 0.464 e. The van der Waals surface area contributed by atoms with Crippen LogP contribution >= 0.6 is 11.8 Å². The molecule has 0 bridgehead atoms. The Morgan fingerprint density at radius 3 is 1.86 bits per heavy atom. The molecule has 0 aromatic heterocycles. The van der Waals surface area contributed by atoms with Crippen LogP contribution in [0.1, 0.15) is 0 Å². The van der Waals surface area contributed by atoms with Crippen molar-refractivity contribution >= 4 is 23.5 Å². The molecule has 0 saturated carbocycles. The van der Waals surface area contributed by atoms with Gasteiger partial charge in [-0.25, -0.2) is 9.28 Å². The molecule has 0 radical (unpaired) electrons. The molecule has 0 heterocycles. The van der Waals surface area contributed by atoms with E-state index in [9.17, 15) is 26.7 Å². The number of carbonyl (C=O) groups excluding carboxylic acids is 1. The number of thioether (sulfide) groups is 1. The lowest BCUT2D eigenvalue weighted by molar-refractivity contribution is -0.237. The Bertz CT molecular complexity index is 540. The minimum atomic E-state index is -5.62. The first-order valence-electron chi connectivity index (χ1n) is 6.09. The number of amides is 2. The van der Waals surface area contributed by atoms with E-state index < -0.39 is 23.2 Å². The molecule has 0 N–H and O–H groups in total. The van der Waals surface area contributed by atoms with Crippen molar-refractivity contribution in [1.82, 2.24) is 9.38 Å². The summed E-state index contributed by atoms with van der Waals surface area (Å²) >= 11 is -0.574. The molecule has 2 amide bonds. The zero-order valence-corrected chi connectivity index (χ0v) is 13.2. The first-order valence-corrected chi connectivity index (χ1v) is 6.90. The summed E-state index contributed by atoms with van der Waals surface area (Å²) in [5.41, 5.74) is 0.471. The summed E-state index contributed by atoms with van der Waals surface area (Å²) in [6.07, 6.45) is -5.62. The molecule has 9 heteroatoms. The molecule has 1 aromatic carbocycles. The number of carbonyl (C=O) groups is 1. The van der Waals surface area contributed by atoms with Crippen LogP contribution in [0.25, 0.3) is 0 Å². The van der Waals surface area contributed by atoms with Crippen LogP contribution < -0.4 is 4.48 Å². The number of alkyl halides is 5. The third-order valence-electron chi connectivity index (χ3n) is 2.92. The SMILES string of the molecule is CN(C)C(=O)[N+](C)(C)c1ccc(SC(F)(F)C(F)(F)F)cc1. The summed E-state index contributed by atoms with van der Waals surface area (Å²) in [6.45, 7) is 0. The van der Waals surface area contributed by atoms with Gasteiger partial charge in [-0.05, 0) is 23.9 Å². The molecule has 3 nitrogen and oxygen atoms in total. The van der Waals surface area contributed by atoms with E-state index in [4.69, 9.17) is 0 Å². The Morgan fingerprint density at radius 1 is 1.05 bits per heavy atom. The molecule has 124 valence electrons. The van der Waals surface area contributed by atoms with E-state index in [1.165, 1.54) is 17.0 Å². The van der Waals surface area contributed by atoms with Gasteiger partial charge in [-0.3, -0.25) is 4.90 Å². The summed E-state index contributed by atoms with van der Waals surface area (Å²) in [7, 11) is 6.32. The monoisotopic (exact) mass is 343 g/mol. The molecule has 0 saturated heterocycles. The standard InChI is InChI=1S/C13H16F5N2OS/c1-19(2)11(21)20(3,4)9-5-7-10(8-6-9)22-13(17,18)12(14,15)16/h5-8H,1-4H3/q+1. The van der Waals surface area contributed by atoms with Gasteiger partial charge in [0.05, 0.1) is 14.1 Å². The highest BCUT2D eigenvalue weighted by molar-refractivity contribution is 8.00. The third kappa shape index (κ3) is 3.89. The van der Waals surface area contributed by atoms with Gasteiger partial charge in [-0.2, -0.15) is 22.0 Å². The Balaban J connectivity index is 2.99. The maximum atomic E-state index is 13.0. The molecular weight excluding hydrogens is 327 g/mol. The van der Waals surface area contributed by atoms with Gasteiger partial charge in [0.2, 0.25) is 0 Å². The number of halogens is 5. The van der Waals surface area contributed by atoms with Crippen molar-refractivity contribution < 1.29 is 26.7 Å². The van der Waals surface area contributed by atoms with E-state index in [0.29, 0.717) is 5.69 Å². The number of quaternary nitrogens is 1. The van der Waals surface area contributed by atoms with Crippen LogP contribution in [0.15, 0.2) is 29.2 Å². The smallest absolute Gasteiger partial charge is 0.298 e. The van der Waals surface area contributed by atoms with E-state index in [-0.39, 0.29) is 15.4 Å². The Morgan fingerprint density at radius 2 is 1.50 bits per heavy atom. The predicted molar refractivity (Wildman–Crippen MR) is 76.0 cm³/mol. The fourth-order valence-corrected chi connectivity index (χ4v) is 2.39. The van der Waals surface area contributed by atoms with Crippen molar-refractivity contribution in [2.45, 2.75) is 16.3 Å². The molecule has 0 spiro atoms. The topological polar surface area (TPSA) is 20.3 Å².